The summed E-state index contributed by atoms with van der Waals surface area (Å²) >= 11 is 0. The van der Waals surface area contributed by atoms with Crippen LogP contribution in [0.5, 0.6) is 0 Å². The van der Waals surface area contributed by atoms with E-state index < -0.39 is 5.97 Å². The summed E-state index contributed by atoms with van der Waals surface area (Å²) < 4.78 is 6.43. The van der Waals surface area contributed by atoms with Crippen LogP contribution >= 0.6 is 0 Å². The fraction of sp³-hybridized carbons (Fsp3) is 0.545. The van der Waals surface area contributed by atoms with Crippen LogP contribution in [0.2, 0.25) is 0 Å². The van der Waals surface area contributed by atoms with Crippen LogP contribution in [0.1, 0.15) is 30.0 Å². The number of esters is 1. The van der Waals surface area contributed by atoms with Crippen LogP contribution in [0.25, 0.3) is 0 Å². The number of allylic oxidation sites excluding steroid dienone is 1. The molecular weight excluding hydrogens is 222 g/mol. The van der Waals surface area contributed by atoms with Gasteiger partial charge in [-0.05, 0) is 13.3 Å². The summed E-state index contributed by atoms with van der Waals surface area (Å²) in [6, 6.07) is 0.0582. The van der Waals surface area contributed by atoms with Crippen LogP contribution in [0.15, 0.2) is 18.5 Å². The normalized spacial score (nSPS) is 22.9. The van der Waals surface area contributed by atoms with Crippen molar-refractivity contribution in [3.05, 3.63) is 24.3 Å². The Kier molecular flexibility index (Phi) is 3.53. The Hall–Kier alpha value is -1.69. The fourth-order valence-electron chi connectivity index (χ4n) is 1.81. The Balaban J connectivity index is 2.04. The highest BCUT2D eigenvalue weighted by Crippen LogP contribution is 2.26. The number of hydrogen-bond acceptors (Lipinski definition) is 5. The lowest BCUT2D eigenvalue weighted by molar-refractivity contribution is 0.0511. The molecule has 0 radical (unpaired) electrons. The quantitative estimate of drug-likeness (QED) is 0.611. The highest BCUT2D eigenvalue weighted by molar-refractivity contribution is 5.84. The van der Waals surface area contributed by atoms with Gasteiger partial charge in [0.15, 0.2) is 0 Å². The Morgan fingerprint density at radius 2 is 2.47 bits per heavy atom. The lowest BCUT2D eigenvalue weighted by Gasteiger charge is -2.09. The first-order valence-corrected chi connectivity index (χ1v) is 5.62. The van der Waals surface area contributed by atoms with E-state index in [1.165, 1.54) is 6.33 Å². The first-order valence-electron chi connectivity index (χ1n) is 5.62. The minimum atomic E-state index is -0.507. The van der Waals surface area contributed by atoms with Crippen molar-refractivity contribution in [1.82, 2.24) is 14.8 Å². The summed E-state index contributed by atoms with van der Waals surface area (Å²) in [4.78, 5) is 15.3. The Morgan fingerprint density at radius 3 is 3.12 bits per heavy atom. The van der Waals surface area contributed by atoms with Gasteiger partial charge in [0.05, 0.1) is 12.6 Å². The number of aromatic nitrogens is 3. The van der Waals surface area contributed by atoms with Crippen molar-refractivity contribution in [1.29, 1.82) is 0 Å². The summed E-state index contributed by atoms with van der Waals surface area (Å²) in [5, 5.41) is 13.1. The van der Waals surface area contributed by atoms with Crippen LogP contribution in [0.4, 0.5) is 0 Å². The molecule has 1 aromatic heterocycles. The molecule has 6 heteroatoms. The predicted octanol–water partition coefficient (Wildman–Crippen LogP) is 0.564. The third kappa shape index (κ3) is 2.52. The summed E-state index contributed by atoms with van der Waals surface area (Å²) in [5.74, 6) is -0.269. The zero-order valence-electron chi connectivity index (χ0n) is 9.61. The molecule has 0 unspecified atom stereocenters. The second-order valence-electron chi connectivity index (χ2n) is 3.90. The first-order chi connectivity index (χ1) is 8.24. The predicted molar refractivity (Wildman–Crippen MR) is 59.3 cm³/mol. The van der Waals surface area contributed by atoms with Gasteiger partial charge in [-0.15, -0.1) is 5.10 Å². The molecule has 1 aliphatic carbocycles. The second kappa shape index (κ2) is 5.09. The van der Waals surface area contributed by atoms with Gasteiger partial charge >= 0.3 is 5.97 Å². The van der Waals surface area contributed by atoms with Gasteiger partial charge in [0.2, 0.25) is 0 Å². The van der Waals surface area contributed by atoms with Crippen molar-refractivity contribution in [3.63, 3.8) is 0 Å². The molecule has 1 aromatic rings. The van der Waals surface area contributed by atoms with Gasteiger partial charge in [0.1, 0.15) is 6.33 Å². The van der Waals surface area contributed by atoms with Gasteiger partial charge in [0, 0.05) is 12.5 Å². The summed E-state index contributed by atoms with van der Waals surface area (Å²) in [6.07, 6.45) is 6.21. The number of aliphatic hydroxyl groups excluding tert-OH is 1. The van der Waals surface area contributed by atoms with Crippen molar-refractivity contribution in [2.75, 3.05) is 13.2 Å². The van der Waals surface area contributed by atoms with Crippen LogP contribution in [0.3, 0.4) is 0 Å². The molecule has 0 fully saturated rings. The molecule has 17 heavy (non-hydrogen) atoms. The summed E-state index contributed by atoms with van der Waals surface area (Å²) in [5.41, 5.74) is 0. The van der Waals surface area contributed by atoms with E-state index in [4.69, 9.17) is 9.84 Å². The molecule has 0 aliphatic heterocycles. The lowest BCUT2D eigenvalue weighted by Crippen LogP contribution is -2.11. The van der Waals surface area contributed by atoms with Gasteiger partial charge in [-0.2, -0.15) is 0 Å². The van der Waals surface area contributed by atoms with E-state index in [0.717, 1.165) is 6.42 Å². The molecule has 1 N–H and O–H groups in total. The van der Waals surface area contributed by atoms with E-state index >= 15 is 0 Å². The Morgan fingerprint density at radius 1 is 1.65 bits per heavy atom. The molecule has 0 saturated carbocycles. The van der Waals surface area contributed by atoms with Crippen molar-refractivity contribution < 1.29 is 14.6 Å². The van der Waals surface area contributed by atoms with Gasteiger partial charge in [-0.25, -0.2) is 14.5 Å². The van der Waals surface area contributed by atoms with Crippen LogP contribution in [0, 0.1) is 5.92 Å². The molecule has 0 saturated heterocycles. The smallest absolute Gasteiger partial charge is 0.378 e. The number of nitrogens with zero attached hydrogens (tertiary/aromatic N) is 3. The second-order valence-corrected chi connectivity index (χ2v) is 3.90. The maximum Gasteiger partial charge on any atom is 0.378 e. The molecule has 1 aliphatic rings. The van der Waals surface area contributed by atoms with E-state index in [1.54, 1.807) is 11.6 Å². The van der Waals surface area contributed by atoms with Crippen LogP contribution < -0.4 is 0 Å². The monoisotopic (exact) mass is 237 g/mol. The van der Waals surface area contributed by atoms with Gasteiger partial charge in [0.25, 0.3) is 5.82 Å². The van der Waals surface area contributed by atoms with Crippen LogP contribution in [-0.2, 0) is 4.74 Å². The summed E-state index contributed by atoms with van der Waals surface area (Å²) in [7, 11) is 0. The molecular formula is C11H15N3O3. The lowest BCUT2D eigenvalue weighted by atomic mass is 10.1. The molecule has 6 nitrogen and oxygen atoms in total. The molecule has 0 amide bonds. The maximum atomic E-state index is 11.4. The standard InChI is InChI=1S/C11H15N3O3/c1-2-17-11(16)10-12-7-14(13-10)9-4-3-8(5-9)6-15/h3-4,7-9,15H,2,5-6H2,1H3/t8-,9+/m1/s1. The van der Waals surface area contributed by atoms with Crippen LogP contribution in [-0.4, -0.2) is 39.1 Å². The van der Waals surface area contributed by atoms with E-state index in [0.29, 0.717) is 6.61 Å². The molecule has 0 spiro atoms. The van der Waals surface area contributed by atoms with E-state index in [2.05, 4.69) is 10.1 Å². The van der Waals surface area contributed by atoms with E-state index in [9.17, 15) is 4.79 Å². The molecule has 0 aromatic carbocycles. The number of carbonyl (C=O) groups is 1. The number of rotatable bonds is 4. The fourth-order valence-corrected chi connectivity index (χ4v) is 1.81. The van der Waals surface area contributed by atoms with Crippen molar-refractivity contribution in [3.8, 4) is 0 Å². The minimum absolute atomic E-state index is 0.0582. The molecule has 1 heterocycles. The number of carbonyl (C=O) groups excluding carboxylic acids is 1. The SMILES string of the molecule is CCOC(=O)c1ncn([C@H]2C=C[C@@H](CO)C2)n1. The van der Waals surface area contributed by atoms with Crippen molar-refractivity contribution >= 4 is 5.97 Å². The van der Waals surface area contributed by atoms with E-state index in [-0.39, 0.29) is 24.4 Å². The Labute approximate surface area is 98.9 Å². The van der Waals surface area contributed by atoms with E-state index in [1.807, 2.05) is 12.2 Å². The minimum Gasteiger partial charge on any atom is -0.460 e. The van der Waals surface area contributed by atoms with Gasteiger partial charge in [-0.1, -0.05) is 12.2 Å². The third-order valence-corrected chi connectivity index (χ3v) is 2.69. The molecule has 0 bridgehead atoms. The van der Waals surface area contributed by atoms with Crippen molar-refractivity contribution in [2.24, 2.45) is 5.92 Å². The molecule has 92 valence electrons. The largest absolute Gasteiger partial charge is 0.460 e. The maximum absolute atomic E-state index is 11.4. The topological polar surface area (TPSA) is 77.2 Å². The average molecular weight is 237 g/mol. The highest BCUT2D eigenvalue weighted by Gasteiger charge is 2.22. The number of ether oxygens (including phenoxy) is 1. The van der Waals surface area contributed by atoms with Gasteiger partial charge < -0.3 is 9.84 Å². The molecule has 2 rings (SSSR count). The molecule has 2 atom stereocenters. The highest BCUT2D eigenvalue weighted by atomic mass is 16.5. The average Bonchev–Trinajstić information content (AvgIpc) is 2.98. The Bertz CT molecular complexity index is 427. The van der Waals surface area contributed by atoms with Crippen molar-refractivity contribution in [2.45, 2.75) is 19.4 Å². The number of hydrogen-bond donors (Lipinski definition) is 1. The zero-order chi connectivity index (χ0) is 12.3. The first kappa shape index (κ1) is 11.8. The third-order valence-electron chi connectivity index (χ3n) is 2.69. The van der Waals surface area contributed by atoms with Gasteiger partial charge in [-0.3, -0.25) is 0 Å². The zero-order valence-corrected chi connectivity index (χ0v) is 9.61. The number of aliphatic hydroxyl groups is 1. The summed E-state index contributed by atoms with van der Waals surface area (Å²) in [6.45, 7) is 2.18.